The molecular formula is C20H15FN2O5. The Morgan fingerprint density at radius 3 is 2.86 bits per heavy atom. The van der Waals surface area contributed by atoms with Gasteiger partial charge in [-0.2, -0.15) is 0 Å². The summed E-state index contributed by atoms with van der Waals surface area (Å²) >= 11 is 0. The van der Waals surface area contributed by atoms with Crippen molar-refractivity contribution in [2.24, 2.45) is 0 Å². The predicted molar refractivity (Wildman–Crippen MR) is 96.8 cm³/mol. The van der Waals surface area contributed by atoms with Gasteiger partial charge in [0.1, 0.15) is 17.3 Å². The summed E-state index contributed by atoms with van der Waals surface area (Å²) in [5.41, 5.74) is 2.26. The van der Waals surface area contributed by atoms with Gasteiger partial charge < -0.3 is 19.3 Å². The molecule has 0 bridgehead atoms. The van der Waals surface area contributed by atoms with Crippen molar-refractivity contribution in [1.29, 1.82) is 0 Å². The summed E-state index contributed by atoms with van der Waals surface area (Å²) < 4.78 is 29.2. The summed E-state index contributed by atoms with van der Waals surface area (Å²) in [6.45, 7) is 0.640. The molecule has 1 aromatic heterocycles. The second kappa shape index (κ2) is 7.15. The van der Waals surface area contributed by atoms with E-state index in [0.29, 0.717) is 12.3 Å². The number of carbonyl (C=O) groups is 2. The number of methoxy groups -OCH3 is 1. The van der Waals surface area contributed by atoms with E-state index in [1.165, 1.54) is 25.3 Å². The fraction of sp³-hybridized carbons (Fsp3) is 0.150. The zero-order valence-corrected chi connectivity index (χ0v) is 14.8. The molecule has 0 aliphatic carbocycles. The van der Waals surface area contributed by atoms with Gasteiger partial charge in [0.2, 0.25) is 5.76 Å². The molecule has 0 atom stereocenters. The molecule has 0 spiro atoms. The number of aromatic nitrogens is 1. The average molecular weight is 382 g/mol. The van der Waals surface area contributed by atoms with Crippen molar-refractivity contribution < 1.29 is 28.0 Å². The van der Waals surface area contributed by atoms with Crippen molar-refractivity contribution in [2.45, 2.75) is 6.42 Å². The van der Waals surface area contributed by atoms with Gasteiger partial charge in [0.25, 0.3) is 5.91 Å². The van der Waals surface area contributed by atoms with E-state index < -0.39 is 17.7 Å². The number of nitrogens with one attached hydrogen (secondary N) is 1. The third-order valence-corrected chi connectivity index (χ3v) is 4.35. The van der Waals surface area contributed by atoms with E-state index in [9.17, 15) is 14.0 Å². The van der Waals surface area contributed by atoms with Crippen LogP contribution in [0.2, 0.25) is 0 Å². The zero-order chi connectivity index (χ0) is 19.7. The molecule has 0 unspecified atom stereocenters. The number of anilines is 1. The molecule has 28 heavy (non-hydrogen) atoms. The first-order valence-corrected chi connectivity index (χ1v) is 8.47. The first kappa shape index (κ1) is 17.7. The number of esters is 1. The molecule has 0 fully saturated rings. The van der Waals surface area contributed by atoms with Crippen molar-refractivity contribution in [3.8, 4) is 17.0 Å². The lowest BCUT2D eigenvalue weighted by Gasteiger charge is -2.06. The van der Waals surface area contributed by atoms with Crippen molar-refractivity contribution >= 4 is 17.6 Å². The van der Waals surface area contributed by atoms with Gasteiger partial charge >= 0.3 is 5.97 Å². The standard InChI is InChI=1S/C20H15FN2O5/c1-26-20(25)13-2-4-14(21)16(9-13)22-19(24)18-10-15(23-28-18)11-3-5-17-12(8-11)6-7-27-17/h2-5,8-10H,6-7H2,1H3,(H,22,24). The number of benzene rings is 2. The predicted octanol–water partition coefficient (Wildman–Crippen LogP) is 3.45. The second-order valence-electron chi connectivity index (χ2n) is 6.14. The monoisotopic (exact) mass is 382 g/mol. The van der Waals surface area contributed by atoms with E-state index in [2.05, 4.69) is 15.2 Å². The molecule has 142 valence electrons. The number of rotatable bonds is 4. The molecule has 1 amide bonds. The van der Waals surface area contributed by atoms with Gasteiger partial charge in [0.15, 0.2) is 0 Å². The van der Waals surface area contributed by atoms with Gasteiger partial charge in [-0.15, -0.1) is 0 Å². The zero-order valence-electron chi connectivity index (χ0n) is 14.8. The minimum Gasteiger partial charge on any atom is -0.493 e. The molecule has 2 aromatic carbocycles. The number of fused-ring (bicyclic) bond motifs is 1. The molecule has 1 N–H and O–H groups in total. The summed E-state index contributed by atoms with van der Waals surface area (Å²) in [6, 6.07) is 10.6. The Balaban J connectivity index is 1.55. The van der Waals surface area contributed by atoms with Crippen molar-refractivity contribution in [2.75, 3.05) is 19.0 Å². The van der Waals surface area contributed by atoms with E-state index in [-0.39, 0.29) is 17.0 Å². The first-order valence-electron chi connectivity index (χ1n) is 8.47. The maximum Gasteiger partial charge on any atom is 0.337 e. The molecular weight excluding hydrogens is 367 g/mol. The fourth-order valence-electron chi connectivity index (χ4n) is 2.91. The van der Waals surface area contributed by atoms with Crippen LogP contribution in [0.15, 0.2) is 47.0 Å². The highest BCUT2D eigenvalue weighted by atomic mass is 19.1. The molecule has 2 heterocycles. The highest BCUT2D eigenvalue weighted by Crippen LogP contribution is 2.30. The van der Waals surface area contributed by atoms with Gasteiger partial charge in [0, 0.05) is 18.1 Å². The van der Waals surface area contributed by atoms with Gasteiger partial charge in [-0.05, 0) is 42.0 Å². The van der Waals surface area contributed by atoms with E-state index >= 15 is 0 Å². The van der Waals surface area contributed by atoms with Crippen LogP contribution in [-0.2, 0) is 11.2 Å². The lowest BCUT2D eigenvalue weighted by Crippen LogP contribution is -2.13. The van der Waals surface area contributed by atoms with Crippen molar-refractivity contribution in [3.05, 3.63) is 65.2 Å². The second-order valence-corrected chi connectivity index (χ2v) is 6.14. The Bertz CT molecular complexity index is 1080. The van der Waals surface area contributed by atoms with Crippen LogP contribution in [0.3, 0.4) is 0 Å². The number of amides is 1. The fourth-order valence-corrected chi connectivity index (χ4v) is 2.91. The van der Waals surface area contributed by atoms with E-state index in [4.69, 9.17) is 9.26 Å². The number of hydrogen-bond acceptors (Lipinski definition) is 6. The largest absolute Gasteiger partial charge is 0.493 e. The first-order chi connectivity index (χ1) is 13.5. The molecule has 8 heteroatoms. The van der Waals surface area contributed by atoms with E-state index in [0.717, 1.165) is 29.4 Å². The maximum absolute atomic E-state index is 14.0. The van der Waals surface area contributed by atoms with E-state index in [1.54, 1.807) is 0 Å². The summed E-state index contributed by atoms with van der Waals surface area (Å²) in [5, 5.41) is 6.29. The van der Waals surface area contributed by atoms with Crippen LogP contribution in [-0.4, -0.2) is 30.7 Å². The van der Waals surface area contributed by atoms with Crippen LogP contribution < -0.4 is 10.1 Å². The Morgan fingerprint density at radius 1 is 1.18 bits per heavy atom. The smallest absolute Gasteiger partial charge is 0.337 e. The Kier molecular flexibility index (Phi) is 4.52. The molecule has 0 saturated heterocycles. The van der Waals surface area contributed by atoms with Crippen LogP contribution >= 0.6 is 0 Å². The minimum atomic E-state index is -0.695. The van der Waals surface area contributed by atoms with Crippen molar-refractivity contribution in [3.63, 3.8) is 0 Å². The van der Waals surface area contributed by atoms with Crippen LogP contribution in [0.4, 0.5) is 10.1 Å². The summed E-state index contributed by atoms with van der Waals surface area (Å²) in [6.07, 6.45) is 0.810. The maximum atomic E-state index is 14.0. The molecule has 1 aliphatic heterocycles. The highest BCUT2D eigenvalue weighted by Gasteiger charge is 2.19. The molecule has 0 saturated carbocycles. The normalized spacial score (nSPS) is 12.2. The SMILES string of the molecule is COC(=O)c1ccc(F)c(NC(=O)c2cc(-c3ccc4c(c3)CCO4)no2)c1. The number of carbonyl (C=O) groups excluding carboxylic acids is 2. The van der Waals surface area contributed by atoms with Crippen LogP contribution in [0, 0.1) is 5.82 Å². The number of hydrogen-bond donors (Lipinski definition) is 1. The van der Waals surface area contributed by atoms with Gasteiger partial charge in [-0.1, -0.05) is 5.16 Å². The summed E-state index contributed by atoms with van der Waals surface area (Å²) in [5.74, 6) is -1.28. The van der Waals surface area contributed by atoms with Crippen molar-refractivity contribution in [1.82, 2.24) is 5.16 Å². The number of ether oxygens (including phenoxy) is 2. The lowest BCUT2D eigenvalue weighted by molar-refractivity contribution is 0.0600. The lowest BCUT2D eigenvalue weighted by atomic mass is 10.1. The Hall–Kier alpha value is -3.68. The third-order valence-electron chi connectivity index (χ3n) is 4.35. The van der Waals surface area contributed by atoms with Gasteiger partial charge in [-0.25, -0.2) is 9.18 Å². The topological polar surface area (TPSA) is 90.7 Å². The number of halogens is 1. The van der Waals surface area contributed by atoms with E-state index in [1.807, 2.05) is 18.2 Å². The third kappa shape index (κ3) is 3.32. The van der Waals surface area contributed by atoms with Crippen LogP contribution in [0.5, 0.6) is 5.75 Å². The molecule has 1 aliphatic rings. The average Bonchev–Trinajstić information content (AvgIpc) is 3.37. The molecule has 7 nitrogen and oxygen atoms in total. The number of nitrogens with zero attached hydrogens (tertiary/aromatic N) is 1. The van der Waals surface area contributed by atoms with Crippen LogP contribution in [0.25, 0.3) is 11.3 Å². The highest BCUT2D eigenvalue weighted by molar-refractivity contribution is 6.03. The molecule has 0 radical (unpaired) electrons. The Labute approximate surface area is 159 Å². The Morgan fingerprint density at radius 2 is 2.04 bits per heavy atom. The summed E-state index contributed by atoms with van der Waals surface area (Å²) in [7, 11) is 1.21. The minimum absolute atomic E-state index is 0.0883. The van der Waals surface area contributed by atoms with Gasteiger partial charge in [0.05, 0.1) is 25.0 Å². The summed E-state index contributed by atoms with van der Waals surface area (Å²) in [4.78, 5) is 24.0. The van der Waals surface area contributed by atoms with Crippen LogP contribution in [0.1, 0.15) is 26.5 Å². The molecule has 4 rings (SSSR count). The quantitative estimate of drug-likeness (QED) is 0.695. The molecule has 3 aromatic rings. The van der Waals surface area contributed by atoms with Gasteiger partial charge in [-0.3, -0.25) is 4.79 Å².